The Labute approximate surface area is 146 Å². The predicted molar refractivity (Wildman–Crippen MR) is 104 cm³/mol. The summed E-state index contributed by atoms with van der Waals surface area (Å²) in [6, 6.07) is 0. The van der Waals surface area contributed by atoms with Gasteiger partial charge in [0.25, 0.3) is 0 Å². The molecule has 0 amide bonds. The molecular weight excluding hydrogens is 288 g/mol. The Morgan fingerprint density at radius 1 is 0.864 bits per heavy atom. The van der Waals surface area contributed by atoms with E-state index in [-0.39, 0.29) is 4.87 Å². The molecule has 0 N–H and O–H groups in total. The van der Waals surface area contributed by atoms with Gasteiger partial charge in [-0.05, 0) is 25.7 Å². The highest BCUT2D eigenvalue weighted by Gasteiger charge is 2.26. The maximum Gasteiger partial charge on any atom is 0.0478 e. The Kier molecular flexibility index (Phi) is 14.6. The Bertz CT molecular complexity index is 244. The molecule has 0 aromatic rings. The van der Waals surface area contributed by atoms with Gasteiger partial charge in [-0.1, -0.05) is 97.0 Å². The lowest BCUT2D eigenvalue weighted by molar-refractivity contribution is 0.380. The zero-order valence-electron chi connectivity index (χ0n) is 15.6. The largest absolute Gasteiger partial charge is 0.119 e. The summed E-state index contributed by atoms with van der Waals surface area (Å²) in [5, 5.41) is 0. The van der Waals surface area contributed by atoms with Crippen LogP contribution < -0.4 is 0 Å². The Hall–Kier alpha value is 0.0300. The normalized spacial score (nSPS) is 15.5. The molecule has 0 aromatic carbocycles. The van der Waals surface area contributed by atoms with Crippen LogP contribution in [0.4, 0.5) is 0 Å². The molecule has 1 heteroatoms. The highest BCUT2D eigenvalue weighted by molar-refractivity contribution is 6.23. The first-order chi connectivity index (χ1) is 10.5. The number of halogens is 1. The van der Waals surface area contributed by atoms with Crippen LogP contribution in [0.3, 0.4) is 0 Å². The topological polar surface area (TPSA) is 0 Å². The van der Waals surface area contributed by atoms with Gasteiger partial charge in [-0.2, -0.15) is 0 Å². The third-order valence-electron chi connectivity index (χ3n) is 5.06. The van der Waals surface area contributed by atoms with Crippen LogP contribution in [0.2, 0.25) is 0 Å². The van der Waals surface area contributed by atoms with Gasteiger partial charge in [0, 0.05) is 4.87 Å². The van der Waals surface area contributed by atoms with Crippen molar-refractivity contribution in [3.05, 3.63) is 12.7 Å². The number of hydrogen-bond acceptors (Lipinski definition) is 0. The van der Waals surface area contributed by atoms with E-state index in [0.29, 0.717) is 5.92 Å². The van der Waals surface area contributed by atoms with Crippen LogP contribution in [-0.4, -0.2) is 4.87 Å². The smallest absolute Gasteiger partial charge is 0.0478 e. The quantitative estimate of drug-likeness (QED) is 0.152. The van der Waals surface area contributed by atoms with Crippen LogP contribution >= 0.6 is 11.6 Å². The molecule has 0 saturated carbocycles. The summed E-state index contributed by atoms with van der Waals surface area (Å²) in [4.78, 5) is -0.0977. The minimum Gasteiger partial charge on any atom is -0.119 e. The zero-order valence-corrected chi connectivity index (χ0v) is 16.4. The van der Waals surface area contributed by atoms with Gasteiger partial charge < -0.3 is 0 Å². The van der Waals surface area contributed by atoms with E-state index in [4.69, 9.17) is 11.6 Å². The molecule has 2 atom stereocenters. The van der Waals surface area contributed by atoms with Gasteiger partial charge in [-0.15, -0.1) is 18.2 Å². The molecule has 0 aliphatic rings. The second kappa shape index (κ2) is 14.6. The van der Waals surface area contributed by atoms with E-state index in [1.165, 1.54) is 83.5 Å². The minimum absolute atomic E-state index is 0.0977. The average Bonchev–Trinajstić information content (AvgIpc) is 2.48. The number of alkyl halides is 1. The molecule has 0 fully saturated rings. The summed E-state index contributed by atoms with van der Waals surface area (Å²) in [5.41, 5.74) is 0. The van der Waals surface area contributed by atoms with E-state index in [0.717, 1.165) is 6.42 Å². The van der Waals surface area contributed by atoms with E-state index in [9.17, 15) is 0 Å². The molecule has 0 nitrogen and oxygen atoms in total. The van der Waals surface area contributed by atoms with E-state index < -0.39 is 0 Å². The van der Waals surface area contributed by atoms with Crippen molar-refractivity contribution < 1.29 is 0 Å². The second-order valence-electron chi connectivity index (χ2n) is 7.35. The fraction of sp³-hybridized carbons (Fsp3) is 0.905. The number of allylic oxidation sites excluding steroid dienone is 1. The first-order valence-electron chi connectivity index (χ1n) is 9.84. The number of hydrogen-bond donors (Lipinski definition) is 0. The average molecular weight is 329 g/mol. The number of unbranched alkanes of at least 4 members (excludes halogenated alkanes) is 11. The molecule has 0 heterocycles. The molecule has 0 aliphatic carbocycles. The molecule has 0 aliphatic heterocycles. The van der Waals surface area contributed by atoms with Crippen LogP contribution in [-0.2, 0) is 0 Å². The van der Waals surface area contributed by atoms with Crippen LogP contribution in [0.5, 0.6) is 0 Å². The van der Waals surface area contributed by atoms with Crippen molar-refractivity contribution in [1.82, 2.24) is 0 Å². The van der Waals surface area contributed by atoms with Crippen LogP contribution in [0, 0.1) is 5.92 Å². The Balaban J connectivity index is 3.31. The molecule has 132 valence electrons. The maximum absolute atomic E-state index is 6.56. The van der Waals surface area contributed by atoms with Gasteiger partial charge in [0.15, 0.2) is 0 Å². The van der Waals surface area contributed by atoms with E-state index in [2.05, 4.69) is 27.4 Å². The van der Waals surface area contributed by atoms with Crippen molar-refractivity contribution in [2.24, 2.45) is 5.92 Å². The lowest BCUT2D eigenvalue weighted by Gasteiger charge is -2.28. The van der Waals surface area contributed by atoms with Gasteiger partial charge in [-0.3, -0.25) is 0 Å². The molecule has 0 saturated heterocycles. The summed E-state index contributed by atoms with van der Waals surface area (Å²) in [6.07, 6.45) is 21.1. The van der Waals surface area contributed by atoms with Crippen molar-refractivity contribution in [1.29, 1.82) is 0 Å². The fourth-order valence-corrected chi connectivity index (χ4v) is 3.29. The Morgan fingerprint density at radius 2 is 1.27 bits per heavy atom. The molecule has 0 spiro atoms. The van der Waals surface area contributed by atoms with Gasteiger partial charge in [0.05, 0.1) is 0 Å². The van der Waals surface area contributed by atoms with Crippen LogP contribution in [0.25, 0.3) is 0 Å². The second-order valence-corrected chi connectivity index (χ2v) is 8.21. The third-order valence-corrected chi connectivity index (χ3v) is 5.59. The van der Waals surface area contributed by atoms with Crippen molar-refractivity contribution in [3.8, 4) is 0 Å². The van der Waals surface area contributed by atoms with Gasteiger partial charge in [0.1, 0.15) is 0 Å². The summed E-state index contributed by atoms with van der Waals surface area (Å²) >= 11 is 6.56. The molecule has 0 aromatic heterocycles. The highest BCUT2D eigenvalue weighted by atomic mass is 35.5. The molecule has 0 radical (unpaired) electrons. The highest BCUT2D eigenvalue weighted by Crippen LogP contribution is 2.32. The molecule has 22 heavy (non-hydrogen) atoms. The lowest BCUT2D eigenvalue weighted by Crippen LogP contribution is -2.25. The van der Waals surface area contributed by atoms with E-state index >= 15 is 0 Å². The molecule has 0 rings (SSSR count). The van der Waals surface area contributed by atoms with Gasteiger partial charge in [-0.25, -0.2) is 0 Å². The first-order valence-corrected chi connectivity index (χ1v) is 10.2. The summed E-state index contributed by atoms with van der Waals surface area (Å²) in [6.45, 7) is 10.5. The number of rotatable bonds is 16. The van der Waals surface area contributed by atoms with Crippen molar-refractivity contribution in [2.75, 3.05) is 0 Å². The van der Waals surface area contributed by atoms with Crippen molar-refractivity contribution >= 4 is 11.6 Å². The fourth-order valence-electron chi connectivity index (χ4n) is 3.08. The van der Waals surface area contributed by atoms with E-state index in [1.54, 1.807) is 0 Å². The first kappa shape index (κ1) is 22.0. The SMILES string of the molecule is C=CCC(C)(Cl)C(C)CCCCCCCCCCCCCC. The Morgan fingerprint density at radius 3 is 1.68 bits per heavy atom. The molecular formula is C21H41Cl. The maximum atomic E-state index is 6.56. The minimum atomic E-state index is -0.0977. The molecule has 2 unspecified atom stereocenters. The summed E-state index contributed by atoms with van der Waals surface area (Å²) < 4.78 is 0. The summed E-state index contributed by atoms with van der Waals surface area (Å²) in [7, 11) is 0. The summed E-state index contributed by atoms with van der Waals surface area (Å²) in [5.74, 6) is 0.579. The van der Waals surface area contributed by atoms with Gasteiger partial charge in [0.2, 0.25) is 0 Å². The van der Waals surface area contributed by atoms with E-state index in [1.807, 2.05) is 6.08 Å². The standard InChI is InChI=1S/C21H41Cl/c1-5-7-8-9-10-11-12-13-14-15-16-17-18-20(3)21(4,22)19-6-2/h6,20H,2,5,7-19H2,1,3-4H3. The zero-order chi connectivity index (χ0) is 16.7. The third kappa shape index (κ3) is 12.6. The monoisotopic (exact) mass is 328 g/mol. The van der Waals surface area contributed by atoms with Crippen molar-refractivity contribution in [2.45, 2.75) is 116 Å². The van der Waals surface area contributed by atoms with Gasteiger partial charge >= 0.3 is 0 Å². The molecule has 0 bridgehead atoms. The van der Waals surface area contributed by atoms with Crippen LogP contribution in [0.15, 0.2) is 12.7 Å². The van der Waals surface area contributed by atoms with Crippen molar-refractivity contribution in [3.63, 3.8) is 0 Å². The van der Waals surface area contributed by atoms with Crippen LogP contribution in [0.1, 0.15) is 111 Å². The lowest BCUT2D eigenvalue weighted by atomic mass is 9.87. The predicted octanol–water partition coefficient (Wildman–Crippen LogP) is 8.29.